The molecule has 20 heavy (non-hydrogen) atoms. The number of hydrogen-bond donors (Lipinski definition) is 1. The third kappa shape index (κ3) is 3.02. The highest BCUT2D eigenvalue weighted by molar-refractivity contribution is 9.10. The van der Waals surface area contributed by atoms with E-state index in [0.29, 0.717) is 13.0 Å². The van der Waals surface area contributed by atoms with Crippen LogP contribution in [-0.4, -0.2) is 5.91 Å². The van der Waals surface area contributed by atoms with Crippen LogP contribution in [0, 0.1) is 0 Å². The fourth-order valence-electron chi connectivity index (χ4n) is 2.20. The lowest BCUT2D eigenvalue weighted by Gasteiger charge is -2.17. The molecule has 3 rings (SSSR count). The predicted octanol–water partition coefficient (Wildman–Crippen LogP) is 3.91. The molecule has 1 N–H and O–H groups in total. The number of anilines is 1. The lowest BCUT2D eigenvalue weighted by Crippen LogP contribution is -2.18. The van der Waals surface area contributed by atoms with Crippen molar-refractivity contribution in [3.63, 3.8) is 0 Å². The van der Waals surface area contributed by atoms with Crippen LogP contribution in [0.5, 0.6) is 5.75 Å². The normalized spacial score (nSPS) is 13.6. The van der Waals surface area contributed by atoms with Gasteiger partial charge in [0.1, 0.15) is 12.4 Å². The van der Waals surface area contributed by atoms with E-state index >= 15 is 0 Å². The van der Waals surface area contributed by atoms with Crippen molar-refractivity contribution >= 4 is 27.5 Å². The highest BCUT2D eigenvalue weighted by Gasteiger charge is 2.14. The van der Waals surface area contributed by atoms with Crippen LogP contribution in [0.2, 0.25) is 0 Å². The molecule has 102 valence electrons. The largest absolute Gasteiger partial charge is 0.489 e. The minimum absolute atomic E-state index is 0.0843. The van der Waals surface area contributed by atoms with Crippen LogP contribution in [0.1, 0.15) is 17.5 Å². The maximum Gasteiger partial charge on any atom is 0.224 e. The number of amides is 1. The number of aryl methyl sites for hydroxylation is 1. The first-order chi connectivity index (χ1) is 9.70. The highest BCUT2D eigenvalue weighted by atomic mass is 79.9. The number of ether oxygens (including phenoxy) is 1. The summed E-state index contributed by atoms with van der Waals surface area (Å²) >= 11 is 3.41. The van der Waals surface area contributed by atoms with E-state index < -0.39 is 0 Å². The summed E-state index contributed by atoms with van der Waals surface area (Å²) in [7, 11) is 0. The average molecular weight is 332 g/mol. The monoisotopic (exact) mass is 331 g/mol. The maximum absolute atomic E-state index is 11.3. The molecule has 0 radical (unpaired) electrons. The van der Waals surface area contributed by atoms with E-state index in [-0.39, 0.29) is 5.91 Å². The van der Waals surface area contributed by atoms with E-state index in [1.165, 1.54) is 0 Å². The van der Waals surface area contributed by atoms with Crippen molar-refractivity contribution in [2.24, 2.45) is 0 Å². The van der Waals surface area contributed by atoms with E-state index in [4.69, 9.17) is 4.74 Å². The van der Waals surface area contributed by atoms with Crippen molar-refractivity contribution in [2.75, 3.05) is 5.32 Å². The highest BCUT2D eigenvalue weighted by Crippen LogP contribution is 2.27. The minimum atomic E-state index is 0.0843. The molecule has 0 aromatic heterocycles. The molecule has 1 amide bonds. The molecule has 0 atom stereocenters. The van der Waals surface area contributed by atoms with Crippen molar-refractivity contribution in [1.82, 2.24) is 0 Å². The smallest absolute Gasteiger partial charge is 0.224 e. The van der Waals surface area contributed by atoms with Gasteiger partial charge in [0.25, 0.3) is 0 Å². The van der Waals surface area contributed by atoms with Crippen molar-refractivity contribution in [3.8, 4) is 5.75 Å². The third-order valence-electron chi connectivity index (χ3n) is 3.29. The summed E-state index contributed by atoms with van der Waals surface area (Å²) < 4.78 is 6.86. The van der Waals surface area contributed by atoms with Gasteiger partial charge in [-0.15, -0.1) is 0 Å². The molecule has 0 saturated carbocycles. The van der Waals surface area contributed by atoms with Gasteiger partial charge in [-0.25, -0.2) is 0 Å². The fraction of sp³-hybridized carbons (Fsp3) is 0.188. The SMILES string of the molecule is O=C1CCc2cc(OCc3ccc(Br)cc3)ccc2N1. The number of halogens is 1. The third-order valence-corrected chi connectivity index (χ3v) is 3.82. The number of fused-ring (bicyclic) bond motifs is 1. The van der Waals surface area contributed by atoms with Crippen molar-refractivity contribution in [3.05, 3.63) is 58.1 Å². The molecule has 0 spiro atoms. The molecule has 4 heteroatoms. The van der Waals surface area contributed by atoms with Gasteiger partial charge in [0.05, 0.1) is 0 Å². The van der Waals surface area contributed by atoms with Gasteiger partial charge in [-0.05, 0) is 47.9 Å². The standard InChI is InChI=1S/C16H14BrNO2/c17-13-4-1-11(2-5-13)10-20-14-6-7-15-12(9-14)3-8-16(19)18-15/h1-2,4-7,9H,3,8,10H2,(H,18,19). The molecule has 0 bridgehead atoms. The van der Waals surface area contributed by atoms with Gasteiger partial charge < -0.3 is 10.1 Å². The van der Waals surface area contributed by atoms with Crippen molar-refractivity contribution in [2.45, 2.75) is 19.4 Å². The van der Waals surface area contributed by atoms with Gasteiger partial charge in [0.2, 0.25) is 5.91 Å². The van der Waals surface area contributed by atoms with E-state index in [2.05, 4.69) is 21.2 Å². The molecular weight excluding hydrogens is 318 g/mol. The van der Waals surface area contributed by atoms with Gasteiger partial charge in [0, 0.05) is 16.6 Å². The topological polar surface area (TPSA) is 38.3 Å². The van der Waals surface area contributed by atoms with Crippen LogP contribution >= 0.6 is 15.9 Å². The molecule has 0 aliphatic carbocycles. The van der Waals surface area contributed by atoms with E-state index in [1.807, 2.05) is 42.5 Å². The van der Waals surface area contributed by atoms with Crippen LogP contribution in [0.15, 0.2) is 46.9 Å². The molecule has 2 aromatic rings. The van der Waals surface area contributed by atoms with Gasteiger partial charge in [0.15, 0.2) is 0 Å². The molecule has 0 saturated heterocycles. The average Bonchev–Trinajstić information content (AvgIpc) is 2.46. The maximum atomic E-state index is 11.3. The molecule has 2 aromatic carbocycles. The van der Waals surface area contributed by atoms with Gasteiger partial charge in [-0.3, -0.25) is 4.79 Å². The number of rotatable bonds is 3. The molecule has 0 unspecified atom stereocenters. The molecule has 1 heterocycles. The minimum Gasteiger partial charge on any atom is -0.489 e. The second-order valence-electron chi connectivity index (χ2n) is 4.78. The molecule has 1 aliphatic heterocycles. The zero-order valence-electron chi connectivity index (χ0n) is 10.9. The summed E-state index contributed by atoms with van der Waals surface area (Å²) in [5, 5.41) is 2.87. The Labute approximate surface area is 126 Å². The zero-order chi connectivity index (χ0) is 13.9. The second-order valence-corrected chi connectivity index (χ2v) is 5.70. The lowest BCUT2D eigenvalue weighted by atomic mass is 10.0. The predicted molar refractivity (Wildman–Crippen MR) is 81.9 cm³/mol. The van der Waals surface area contributed by atoms with Gasteiger partial charge in [-0.1, -0.05) is 28.1 Å². The van der Waals surface area contributed by atoms with Crippen molar-refractivity contribution < 1.29 is 9.53 Å². The quantitative estimate of drug-likeness (QED) is 0.925. The Bertz CT molecular complexity index is 637. The van der Waals surface area contributed by atoms with Crippen LogP contribution in [0.25, 0.3) is 0 Å². The summed E-state index contributed by atoms with van der Waals surface area (Å²) in [4.78, 5) is 11.3. The van der Waals surface area contributed by atoms with Crippen LogP contribution in [0.4, 0.5) is 5.69 Å². The molecular formula is C16H14BrNO2. The number of nitrogens with one attached hydrogen (secondary N) is 1. The van der Waals surface area contributed by atoms with Gasteiger partial charge in [-0.2, -0.15) is 0 Å². The Morgan fingerprint density at radius 1 is 1.10 bits per heavy atom. The zero-order valence-corrected chi connectivity index (χ0v) is 12.4. The Balaban J connectivity index is 1.69. The second kappa shape index (κ2) is 5.67. The first-order valence-corrected chi connectivity index (χ1v) is 7.30. The summed E-state index contributed by atoms with van der Waals surface area (Å²) in [6, 6.07) is 13.9. The Morgan fingerprint density at radius 3 is 2.70 bits per heavy atom. The van der Waals surface area contributed by atoms with E-state index in [1.54, 1.807) is 0 Å². The number of hydrogen-bond acceptors (Lipinski definition) is 2. The summed E-state index contributed by atoms with van der Waals surface area (Å²) in [5.41, 5.74) is 3.16. The van der Waals surface area contributed by atoms with Crippen molar-refractivity contribution in [1.29, 1.82) is 0 Å². The Kier molecular flexibility index (Phi) is 3.74. The molecule has 0 fully saturated rings. The summed E-state index contributed by atoms with van der Waals surface area (Å²) in [5.74, 6) is 0.920. The number of benzene rings is 2. The summed E-state index contributed by atoms with van der Waals surface area (Å²) in [6.07, 6.45) is 1.32. The Hall–Kier alpha value is -1.81. The van der Waals surface area contributed by atoms with E-state index in [9.17, 15) is 4.79 Å². The Morgan fingerprint density at radius 2 is 1.90 bits per heavy atom. The first-order valence-electron chi connectivity index (χ1n) is 6.51. The summed E-state index contributed by atoms with van der Waals surface area (Å²) in [6.45, 7) is 0.540. The molecule has 1 aliphatic rings. The molecule has 3 nitrogen and oxygen atoms in total. The fourth-order valence-corrected chi connectivity index (χ4v) is 2.46. The first kappa shape index (κ1) is 13.2. The van der Waals surface area contributed by atoms with E-state index in [0.717, 1.165) is 33.5 Å². The number of carbonyl (C=O) groups is 1. The van der Waals surface area contributed by atoms with Crippen LogP contribution in [0.3, 0.4) is 0 Å². The van der Waals surface area contributed by atoms with Gasteiger partial charge >= 0.3 is 0 Å². The van der Waals surface area contributed by atoms with Crippen LogP contribution in [-0.2, 0) is 17.8 Å². The van der Waals surface area contributed by atoms with Crippen LogP contribution < -0.4 is 10.1 Å². The lowest BCUT2D eigenvalue weighted by molar-refractivity contribution is -0.116. The number of carbonyl (C=O) groups excluding carboxylic acids is 1.